The van der Waals surface area contributed by atoms with Crippen molar-refractivity contribution in [1.82, 2.24) is 4.98 Å². The van der Waals surface area contributed by atoms with Gasteiger partial charge in [-0.05, 0) is 12.1 Å². The molecular weight excluding hydrogens is 292 g/mol. The third-order valence-corrected chi connectivity index (χ3v) is 2.42. The molecule has 0 bridgehead atoms. The summed E-state index contributed by atoms with van der Waals surface area (Å²) in [5.74, 6) is -8.60. The van der Waals surface area contributed by atoms with E-state index in [1.165, 1.54) is 19.2 Å². The lowest BCUT2D eigenvalue weighted by Gasteiger charge is -2.10. The van der Waals surface area contributed by atoms with Crippen LogP contribution in [0.25, 0.3) is 0 Å². The second-order valence-corrected chi connectivity index (χ2v) is 3.76. The molecule has 2 rings (SSSR count). The fraction of sp³-hybridized carbons (Fsp3) is 0.0769. The van der Waals surface area contributed by atoms with Crippen LogP contribution in [0, 0.1) is 34.9 Å². The molecule has 0 spiro atoms. The van der Waals surface area contributed by atoms with Crippen molar-refractivity contribution in [2.24, 2.45) is 0 Å². The zero-order valence-corrected chi connectivity index (χ0v) is 10.5. The molecule has 0 aliphatic rings. The Kier molecular flexibility index (Phi) is 3.93. The average Bonchev–Trinajstić information content (AvgIpc) is 2.49. The van der Waals surface area contributed by atoms with Crippen LogP contribution in [0.4, 0.5) is 17.6 Å². The Balaban J connectivity index is 2.50. The van der Waals surface area contributed by atoms with Gasteiger partial charge in [0.25, 0.3) is 11.9 Å². The maximum atomic E-state index is 13.4. The smallest absolute Gasteiger partial charge is 0.255 e. The van der Waals surface area contributed by atoms with Gasteiger partial charge >= 0.3 is 0 Å². The van der Waals surface area contributed by atoms with Gasteiger partial charge < -0.3 is 9.47 Å². The largest absolute Gasteiger partial charge is 0.497 e. The maximum absolute atomic E-state index is 13.4. The van der Waals surface area contributed by atoms with E-state index in [1.807, 2.05) is 0 Å². The van der Waals surface area contributed by atoms with Gasteiger partial charge in [0.05, 0.1) is 18.7 Å². The molecule has 8 heteroatoms. The maximum Gasteiger partial charge on any atom is 0.255 e. The van der Waals surface area contributed by atoms with Gasteiger partial charge in [0.1, 0.15) is 11.5 Å². The molecule has 4 nitrogen and oxygen atoms in total. The highest BCUT2D eigenvalue weighted by Gasteiger charge is 2.23. The Bertz CT molecular complexity index is 718. The molecule has 0 fully saturated rings. The molecule has 108 valence electrons. The second-order valence-electron chi connectivity index (χ2n) is 3.76. The van der Waals surface area contributed by atoms with E-state index in [1.54, 1.807) is 6.07 Å². The first-order chi connectivity index (χ1) is 9.96. The fourth-order valence-electron chi connectivity index (χ4n) is 1.49. The average molecular weight is 298 g/mol. The summed E-state index contributed by atoms with van der Waals surface area (Å²) in [5, 5.41) is 8.81. The lowest BCUT2D eigenvalue weighted by molar-refractivity contribution is 0.341. The van der Waals surface area contributed by atoms with E-state index in [2.05, 4.69) is 4.98 Å². The Morgan fingerprint density at radius 3 is 2.10 bits per heavy atom. The summed E-state index contributed by atoms with van der Waals surface area (Å²) in [7, 11) is 1.30. The molecule has 1 heterocycles. The van der Waals surface area contributed by atoms with Crippen molar-refractivity contribution in [3.63, 3.8) is 0 Å². The summed E-state index contributed by atoms with van der Waals surface area (Å²) < 4.78 is 62.4. The normalized spacial score (nSPS) is 10.1. The van der Waals surface area contributed by atoms with Crippen LogP contribution < -0.4 is 9.47 Å². The van der Waals surface area contributed by atoms with E-state index in [-0.39, 0.29) is 17.1 Å². The van der Waals surface area contributed by atoms with Crippen molar-refractivity contribution < 1.29 is 27.0 Å². The van der Waals surface area contributed by atoms with Crippen molar-refractivity contribution in [2.45, 2.75) is 0 Å². The first kappa shape index (κ1) is 14.6. The number of nitrogens with zero attached hydrogens (tertiary/aromatic N) is 2. The quantitative estimate of drug-likeness (QED) is 0.644. The van der Waals surface area contributed by atoms with Crippen LogP contribution in [0.1, 0.15) is 5.56 Å². The molecule has 0 N–H and O–H groups in total. The molecule has 0 amide bonds. The fourth-order valence-corrected chi connectivity index (χ4v) is 1.49. The number of rotatable bonds is 3. The van der Waals surface area contributed by atoms with Crippen LogP contribution in [-0.4, -0.2) is 12.1 Å². The first-order valence-electron chi connectivity index (χ1n) is 5.43. The zero-order valence-electron chi connectivity index (χ0n) is 10.5. The molecule has 0 unspecified atom stereocenters. The van der Waals surface area contributed by atoms with Crippen LogP contribution in [0.5, 0.6) is 17.2 Å². The first-order valence-corrected chi connectivity index (χ1v) is 5.43. The summed E-state index contributed by atoms with van der Waals surface area (Å²) in [5.41, 5.74) is 0.0696. The Morgan fingerprint density at radius 2 is 1.57 bits per heavy atom. The Morgan fingerprint density at radius 1 is 1.00 bits per heavy atom. The van der Waals surface area contributed by atoms with E-state index in [0.717, 1.165) is 6.07 Å². The highest BCUT2D eigenvalue weighted by atomic mass is 19.2. The second kappa shape index (κ2) is 5.66. The van der Waals surface area contributed by atoms with Gasteiger partial charge in [0.2, 0.25) is 17.4 Å². The highest BCUT2D eigenvalue weighted by Crippen LogP contribution is 2.32. The van der Waals surface area contributed by atoms with E-state index >= 15 is 0 Å². The standard InChI is InChI=1S/C13H6F4N2O2/c1-20-7-2-6(5-18)3-8(4-7)21-11-9(14)12(16)19-13(17)10(11)15/h2-4H,1H3. The summed E-state index contributed by atoms with van der Waals surface area (Å²) in [4.78, 5) is 2.40. The zero-order chi connectivity index (χ0) is 15.6. The molecule has 0 aliphatic carbocycles. The number of hydrogen-bond donors (Lipinski definition) is 0. The molecule has 0 saturated carbocycles. The molecule has 2 aromatic rings. The number of pyridine rings is 1. The van der Waals surface area contributed by atoms with E-state index < -0.39 is 29.3 Å². The molecule has 0 saturated heterocycles. The minimum Gasteiger partial charge on any atom is -0.497 e. The van der Waals surface area contributed by atoms with Gasteiger partial charge in [-0.25, -0.2) is 0 Å². The number of halogens is 4. The van der Waals surface area contributed by atoms with Crippen molar-refractivity contribution in [2.75, 3.05) is 7.11 Å². The van der Waals surface area contributed by atoms with Crippen LogP contribution in [0.2, 0.25) is 0 Å². The van der Waals surface area contributed by atoms with Crippen molar-refractivity contribution >= 4 is 0 Å². The number of ether oxygens (including phenoxy) is 2. The summed E-state index contributed by atoms with van der Waals surface area (Å²) in [6, 6.07) is 5.43. The molecule has 0 aliphatic heterocycles. The Labute approximate surface area is 116 Å². The summed E-state index contributed by atoms with van der Waals surface area (Å²) >= 11 is 0. The third kappa shape index (κ3) is 2.86. The predicted octanol–water partition coefficient (Wildman–Crippen LogP) is 3.31. The van der Waals surface area contributed by atoms with Gasteiger partial charge in [0.15, 0.2) is 0 Å². The van der Waals surface area contributed by atoms with E-state index in [0.29, 0.717) is 0 Å². The number of benzene rings is 1. The monoisotopic (exact) mass is 298 g/mol. The summed E-state index contributed by atoms with van der Waals surface area (Å²) in [6.07, 6.45) is 0. The molecule has 0 radical (unpaired) electrons. The van der Waals surface area contributed by atoms with Gasteiger partial charge in [0, 0.05) is 6.07 Å². The van der Waals surface area contributed by atoms with Crippen LogP contribution in [-0.2, 0) is 0 Å². The van der Waals surface area contributed by atoms with Gasteiger partial charge in [-0.15, -0.1) is 0 Å². The lowest BCUT2D eigenvalue weighted by Crippen LogP contribution is -2.03. The van der Waals surface area contributed by atoms with Crippen LogP contribution in [0.3, 0.4) is 0 Å². The molecular formula is C13H6F4N2O2. The predicted molar refractivity (Wildman–Crippen MR) is 61.9 cm³/mol. The minimum atomic E-state index is -1.84. The Hall–Kier alpha value is -2.82. The van der Waals surface area contributed by atoms with Crippen molar-refractivity contribution in [1.29, 1.82) is 5.26 Å². The van der Waals surface area contributed by atoms with Crippen molar-refractivity contribution in [3.8, 4) is 23.3 Å². The SMILES string of the molecule is COc1cc(C#N)cc(Oc2c(F)c(F)nc(F)c2F)c1. The van der Waals surface area contributed by atoms with Gasteiger partial charge in [-0.1, -0.05) is 0 Å². The third-order valence-electron chi connectivity index (χ3n) is 2.42. The topological polar surface area (TPSA) is 55.1 Å². The number of hydrogen-bond acceptors (Lipinski definition) is 4. The minimum absolute atomic E-state index is 0.0696. The molecule has 1 aromatic heterocycles. The van der Waals surface area contributed by atoms with E-state index in [4.69, 9.17) is 14.7 Å². The molecule has 1 aromatic carbocycles. The molecule has 0 atom stereocenters. The van der Waals surface area contributed by atoms with Gasteiger partial charge in [-0.3, -0.25) is 0 Å². The number of aromatic nitrogens is 1. The van der Waals surface area contributed by atoms with Crippen LogP contribution in [0.15, 0.2) is 18.2 Å². The lowest BCUT2D eigenvalue weighted by atomic mass is 10.2. The van der Waals surface area contributed by atoms with E-state index in [9.17, 15) is 17.6 Å². The van der Waals surface area contributed by atoms with Crippen molar-refractivity contribution in [3.05, 3.63) is 47.3 Å². The van der Waals surface area contributed by atoms with Crippen LogP contribution >= 0.6 is 0 Å². The number of methoxy groups -OCH3 is 1. The van der Waals surface area contributed by atoms with Gasteiger partial charge in [-0.2, -0.15) is 27.8 Å². The summed E-state index contributed by atoms with van der Waals surface area (Å²) in [6.45, 7) is 0. The molecule has 21 heavy (non-hydrogen) atoms. The number of nitriles is 1. The highest BCUT2D eigenvalue weighted by molar-refractivity contribution is 5.45.